The summed E-state index contributed by atoms with van der Waals surface area (Å²) in [7, 11) is 0. The van der Waals surface area contributed by atoms with Gasteiger partial charge in [0, 0.05) is 18.6 Å². The van der Waals surface area contributed by atoms with Gasteiger partial charge >= 0.3 is 0 Å². The van der Waals surface area contributed by atoms with E-state index >= 15 is 0 Å². The van der Waals surface area contributed by atoms with Gasteiger partial charge < -0.3 is 20.9 Å². The molecule has 7 heteroatoms. The van der Waals surface area contributed by atoms with Crippen LogP contribution >= 0.6 is 24.0 Å². The van der Waals surface area contributed by atoms with Crippen LogP contribution in [0.4, 0.5) is 0 Å². The first-order valence-corrected chi connectivity index (χ1v) is 9.35. The van der Waals surface area contributed by atoms with Crippen molar-refractivity contribution in [3.63, 3.8) is 0 Å². The van der Waals surface area contributed by atoms with Gasteiger partial charge in [-0.05, 0) is 72.5 Å². The van der Waals surface area contributed by atoms with Gasteiger partial charge in [0.15, 0.2) is 5.96 Å². The molecule has 1 aliphatic heterocycles. The summed E-state index contributed by atoms with van der Waals surface area (Å²) in [5.41, 5.74) is -0.218. The molecule has 0 aromatic rings. The van der Waals surface area contributed by atoms with Gasteiger partial charge in [-0.3, -0.25) is 4.79 Å². The van der Waals surface area contributed by atoms with Crippen LogP contribution in [-0.2, 0) is 4.79 Å². The van der Waals surface area contributed by atoms with E-state index in [0.717, 1.165) is 32.0 Å². The lowest BCUT2D eigenvalue weighted by Crippen LogP contribution is -2.43. The highest BCUT2D eigenvalue weighted by Crippen LogP contribution is 2.15. The molecule has 1 rings (SSSR count). The first-order valence-electron chi connectivity index (χ1n) is 9.35. The van der Waals surface area contributed by atoms with E-state index in [9.17, 15) is 4.79 Å². The van der Waals surface area contributed by atoms with Crippen molar-refractivity contribution in [2.24, 2.45) is 10.9 Å². The van der Waals surface area contributed by atoms with E-state index in [2.05, 4.69) is 32.8 Å². The fraction of sp³-hybridized carbons (Fsp3) is 0.889. The van der Waals surface area contributed by atoms with E-state index in [1.54, 1.807) is 0 Å². The maximum Gasteiger partial charge on any atom is 0.242 e. The molecule has 0 aliphatic carbocycles. The van der Waals surface area contributed by atoms with Gasteiger partial charge in [-0.1, -0.05) is 6.92 Å². The van der Waals surface area contributed by atoms with Crippen LogP contribution in [-0.4, -0.2) is 61.6 Å². The molecule has 1 amide bonds. The lowest BCUT2D eigenvalue weighted by Gasteiger charge is -2.30. The predicted octanol–water partition coefficient (Wildman–Crippen LogP) is 2.20. The zero-order valence-electron chi connectivity index (χ0n) is 16.7. The summed E-state index contributed by atoms with van der Waals surface area (Å²) in [5.74, 6) is 1.54. The Morgan fingerprint density at radius 1 is 1.20 bits per heavy atom. The fourth-order valence-electron chi connectivity index (χ4n) is 2.75. The number of rotatable bonds is 7. The van der Waals surface area contributed by atoms with E-state index in [1.165, 1.54) is 25.9 Å². The molecule has 25 heavy (non-hydrogen) atoms. The molecule has 0 radical (unpaired) electrons. The van der Waals surface area contributed by atoms with Crippen molar-refractivity contribution in [1.82, 2.24) is 20.9 Å². The molecule has 3 N–H and O–H groups in total. The second-order valence-corrected chi connectivity index (χ2v) is 7.80. The topological polar surface area (TPSA) is 68.8 Å². The Bertz CT molecular complexity index is 401. The van der Waals surface area contributed by atoms with Crippen LogP contribution in [0.15, 0.2) is 4.99 Å². The number of carbonyl (C=O) groups is 1. The molecule has 1 fully saturated rings. The summed E-state index contributed by atoms with van der Waals surface area (Å²) in [6.07, 6.45) is 3.73. The monoisotopic (exact) mass is 467 g/mol. The zero-order valence-corrected chi connectivity index (χ0v) is 19.0. The summed E-state index contributed by atoms with van der Waals surface area (Å²) in [4.78, 5) is 18.8. The van der Waals surface area contributed by atoms with Gasteiger partial charge in [-0.15, -0.1) is 24.0 Å². The Hall–Kier alpha value is -0.570. The van der Waals surface area contributed by atoms with Gasteiger partial charge in [0.25, 0.3) is 0 Å². The van der Waals surface area contributed by atoms with Crippen LogP contribution in [0.2, 0.25) is 0 Å². The van der Waals surface area contributed by atoms with Crippen molar-refractivity contribution >= 4 is 35.8 Å². The maximum absolute atomic E-state index is 11.8. The second kappa shape index (κ2) is 12.7. The normalized spacial score (nSPS) is 16.9. The SMILES string of the molecule is CCNC(=NCC(=O)NC(C)(C)C)NCCCN1CCC(C)CC1.I. The summed E-state index contributed by atoms with van der Waals surface area (Å²) in [6.45, 7) is 15.7. The Balaban J connectivity index is 0.00000576. The van der Waals surface area contributed by atoms with Gasteiger partial charge in [-0.2, -0.15) is 0 Å². The number of piperidine rings is 1. The molecule has 0 aromatic heterocycles. The van der Waals surface area contributed by atoms with Crippen LogP contribution < -0.4 is 16.0 Å². The molecule has 0 aromatic carbocycles. The van der Waals surface area contributed by atoms with Gasteiger partial charge in [0.1, 0.15) is 6.54 Å². The number of nitrogens with one attached hydrogen (secondary N) is 3. The molecular formula is C18H38IN5O. The van der Waals surface area contributed by atoms with Gasteiger partial charge in [-0.25, -0.2) is 4.99 Å². The van der Waals surface area contributed by atoms with Gasteiger partial charge in [0.2, 0.25) is 5.91 Å². The number of amides is 1. The highest BCUT2D eigenvalue weighted by atomic mass is 127. The molecule has 0 unspecified atom stereocenters. The minimum atomic E-state index is -0.218. The van der Waals surface area contributed by atoms with E-state index in [1.807, 2.05) is 27.7 Å². The maximum atomic E-state index is 11.8. The highest BCUT2D eigenvalue weighted by Gasteiger charge is 2.15. The van der Waals surface area contributed by atoms with E-state index < -0.39 is 0 Å². The Kier molecular flexibility index (Phi) is 12.4. The summed E-state index contributed by atoms with van der Waals surface area (Å²) >= 11 is 0. The molecule has 1 aliphatic rings. The van der Waals surface area contributed by atoms with Crippen molar-refractivity contribution in [2.75, 3.05) is 39.3 Å². The van der Waals surface area contributed by atoms with E-state index in [4.69, 9.17) is 0 Å². The number of hydrogen-bond acceptors (Lipinski definition) is 3. The van der Waals surface area contributed by atoms with Crippen molar-refractivity contribution in [3.05, 3.63) is 0 Å². The quantitative estimate of drug-likeness (QED) is 0.233. The van der Waals surface area contributed by atoms with Crippen LogP contribution in [0.1, 0.15) is 53.9 Å². The Labute approximate surface area is 171 Å². The first-order chi connectivity index (χ1) is 11.3. The largest absolute Gasteiger partial charge is 0.357 e. The summed E-state index contributed by atoms with van der Waals surface area (Å²) < 4.78 is 0. The first kappa shape index (κ1) is 24.4. The van der Waals surface area contributed by atoms with Gasteiger partial charge in [0.05, 0.1) is 0 Å². The van der Waals surface area contributed by atoms with Crippen molar-refractivity contribution in [3.8, 4) is 0 Å². The van der Waals surface area contributed by atoms with Crippen LogP contribution in [0.3, 0.4) is 0 Å². The molecule has 0 spiro atoms. The molecule has 0 saturated carbocycles. The fourth-order valence-corrected chi connectivity index (χ4v) is 2.75. The van der Waals surface area contributed by atoms with E-state index in [-0.39, 0.29) is 42.0 Å². The third-order valence-electron chi connectivity index (χ3n) is 4.06. The van der Waals surface area contributed by atoms with E-state index in [0.29, 0.717) is 5.96 Å². The van der Waals surface area contributed by atoms with Crippen LogP contribution in [0.5, 0.6) is 0 Å². The predicted molar refractivity (Wildman–Crippen MR) is 117 cm³/mol. The number of hydrogen-bond donors (Lipinski definition) is 3. The minimum Gasteiger partial charge on any atom is -0.357 e. The third-order valence-corrected chi connectivity index (χ3v) is 4.06. The average molecular weight is 467 g/mol. The molecule has 0 bridgehead atoms. The van der Waals surface area contributed by atoms with Crippen molar-refractivity contribution in [2.45, 2.75) is 59.4 Å². The zero-order chi connectivity index (χ0) is 18.0. The molecule has 1 heterocycles. The lowest BCUT2D eigenvalue weighted by atomic mass is 9.99. The number of aliphatic imine (C=N–C) groups is 1. The Morgan fingerprint density at radius 3 is 2.40 bits per heavy atom. The standard InChI is InChI=1S/C18H37N5O.HI/c1-6-19-17(21-14-16(24)22-18(3,4)5)20-10-7-11-23-12-8-15(2)9-13-23;/h15H,6-14H2,1-5H3,(H,22,24)(H2,19,20,21);1H. The number of halogens is 1. The number of guanidine groups is 1. The van der Waals surface area contributed by atoms with Crippen molar-refractivity contribution in [1.29, 1.82) is 0 Å². The Morgan fingerprint density at radius 2 is 1.84 bits per heavy atom. The van der Waals surface area contributed by atoms with Crippen molar-refractivity contribution < 1.29 is 4.79 Å². The third kappa shape index (κ3) is 12.4. The smallest absolute Gasteiger partial charge is 0.242 e. The molecule has 1 saturated heterocycles. The molecule has 6 nitrogen and oxygen atoms in total. The summed E-state index contributed by atoms with van der Waals surface area (Å²) in [6, 6.07) is 0. The highest BCUT2D eigenvalue weighted by molar-refractivity contribution is 14.0. The summed E-state index contributed by atoms with van der Waals surface area (Å²) in [5, 5.41) is 9.43. The minimum absolute atomic E-state index is 0. The number of likely N-dealkylation sites (tertiary alicyclic amines) is 1. The molecular weight excluding hydrogens is 429 g/mol. The molecule has 148 valence electrons. The number of carbonyl (C=O) groups excluding carboxylic acids is 1. The lowest BCUT2D eigenvalue weighted by molar-refractivity contribution is -0.121. The second-order valence-electron chi connectivity index (χ2n) is 7.80. The number of nitrogens with zero attached hydrogens (tertiary/aromatic N) is 2. The average Bonchev–Trinajstić information content (AvgIpc) is 2.49. The molecule has 0 atom stereocenters. The van der Waals surface area contributed by atoms with Crippen LogP contribution in [0.25, 0.3) is 0 Å². The van der Waals surface area contributed by atoms with Crippen LogP contribution in [0, 0.1) is 5.92 Å².